The topological polar surface area (TPSA) is 102 Å². The van der Waals surface area contributed by atoms with Crippen LogP contribution in [0, 0.1) is 0 Å². The molecule has 2 fully saturated rings. The largest absolute Gasteiger partial charge is 0.442 e. The average molecular weight is 372 g/mol. The molecule has 3 aliphatic heterocycles. The van der Waals surface area contributed by atoms with Gasteiger partial charge in [0.2, 0.25) is 5.91 Å². The van der Waals surface area contributed by atoms with Crippen molar-refractivity contribution in [3.8, 4) is 0 Å². The smallest absolute Gasteiger partial charge is 0.414 e. The number of benzene rings is 1. The predicted octanol–water partition coefficient (Wildman–Crippen LogP) is 1.04. The van der Waals surface area contributed by atoms with Crippen molar-refractivity contribution in [2.24, 2.45) is 0 Å². The molecule has 1 aromatic rings. The van der Waals surface area contributed by atoms with Crippen molar-refractivity contribution in [1.29, 1.82) is 0 Å². The normalized spacial score (nSPS) is 24.2. The van der Waals surface area contributed by atoms with E-state index in [1.54, 1.807) is 4.90 Å². The molecule has 0 aromatic heterocycles. The molecule has 2 saturated heterocycles. The average Bonchev–Trinajstić information content (AvgIpc) is 3.29. The number of ether oxygens (including phenoxy) is 1. The van der Waals surface area contributed by atoms with Gasteiger partial charge in [-0.05, 0) is 23.3 Å². The second kappa shape index (κ2) is 6.58. The Balaban J connectivity index is 1.43. The van der Waals surface area contributed by atoms with E-state index >= 15 is 0 Å². The molecule has 0 saturated carbocycles. The van der Waals surface area contributed by atoms with Crippen LogP contribution in [0.1, 0.15) is 12.5 Å². The fourth-order valence-corrected chi connectivity index (χ4v) is 3.58. The minimum Gasteiger partial charge on any atom is -0.442 e. The predicted molar refractivity (Wildman–Crippen MR) is 95.1 cm³/mol. The van der Waals surface area contributed by atoms with Crippen LogP contribution in [-0.2, 0) is 9.53 Å². The molecule has 2 N–H and O–H groups in total. The van der Waals surface area contributed by atoms with Gasteiger partial charge in [0, 0.05) is 19.2 Å². The molecule has 4 amide bonds. The summed E-state index contributed by atoms with van der Waals surface area (Å²) in [7, 11) is 0. The van der Waals surface area contributed by atoms with Crippen molar-refractivity contribution in [3.05, 3.63) is 35.9 Å². The zero-order chi connectivity index (χ0) is 19.1. The molecule has 0 spiro atoms. The molecule has 0 radical (unpaired) electrons. The van der Waals surface area contributed by atoms with Crippen LogP contribution in [0.5, 0.6) is 0 Å². The minimum absolute atomic E-state index is 0.111. The number of nitrogens with one attached hydrogen (secondary N) is 1. The summed E-state index contributed by atoms with van der Waals surface area (Å²) in [6.45, 7) is 2.80. The van der Waals surface area contributed by atoms with Crippen LogP contribution >= 0.6 is 0 Å². The Morgan fingerprint density at radius 3 is 2.67 bits per heavy atom. The van der Waals surface area contributed by atoms with E-state index in [-0.39, 0.29) is 37.2 Å². The molecule has 3 aliphatic rings. The summed E-state index contributed by atoms with van der Waals surface area (Å²) in [6, 6.07) is 6.98. The summed E-state index contributed by atoms with van der Waals surface area (Å²) in [5.74, 6) is -0.165. The SMILES string of the molecule is CC(=O)NC[C@H]1CN(c2ccc(C3=CC4CN(O)C(=O)N4C3)cc2)C(=O)O1. The molecular weight excluding hydrogens is 352 g/mol. The molecule has 0 aliphatic carbocycles. The summed E-state index contributed by atoms with van der Waals surface area (Å²) in [5.41, 5.74) is 2.69. The molecule has 4 rings (SSSR count). The van der Waals surface area contributed by atoms with Crippen LogP contribution < -0.4 is 10.2 Å². The number of carbonyl (C=O) groups is 3. The van der Waals surface area contributed by atoms with E-state index < -0.39 is 6.09 Å². The van der Waals surface area contributed by atoms with Crippen molar-refractivity contribution in [2.75, 3.05) is 31.1 Å². The lowest BCUT2D eigenvalue weighted by molar-refractivity contribution is -0.119. The molecule has 2 atom stereocenters. The second-order valence-electron chi connectivity index (χ2n) is 6.85. The first-order chi connectivity index (χ1) is 12.9. The number of cyclic esters (lactones) is 1. The zero-order valence-electron chi connectivity index (χ0n) is 14.8. The Morgan fingerprint density at radius 1 is 1.26 bits per heavy atom. The number of rotatable bonds is 4. The second-order valence-corrected chi connectivity index (χ2v) is 6.85. The van der Waals surface area contributed by atoms with E-state index in [1.807, 2.05) is 30.3 Å². The maximum absolute atomic E-state index is 12.1. The van der Waals surface area contributed by atoms with Gasteiger partial charge in [0.15, 0.2) is 0 Å². The Kier molecular flexibility index (Phi) is 4.23. The molecule has 3 heterocycles. The summed E-state index contributed by atoms with van der Waals surface area (Å²) < 4.78 is 5.27. The number of amides is 4. The third-order valence-electron chi connectivity index (χ3n) is 4.96. The molecule has 1 aromatic carbocycles. The number of hydrogen-bond acceptors (Lipinski definition) is 5. The van der Waals surface area contributed by atoms with Crippen molar-refractivity contribution in [2.45, 2.75) is 19.1 Å². The van der Waals surface area contributed by atoms with Gasteiger partial charge in [0.05, 0.1) is 25.7 Å². The highest BCUT2D eigenvalue weighted by molar-refractivity contribution is 5.90. The van der Waals surface area contributed by atoms with Crippen molar-refractivity contribution in [1.82, 2.24) is 15.3 Å². The van der Waals surface area contributed by atoms with Gasteiger partial charge in [-0.15, -0.1) is 0 Å². The molecule has 0 bridgehead atoms. The number of hydrogen-bond donors (Lipinski definition) is 2. The Hall–Kier alpha value is -3.07. The number of nitrogens with zero attached hydrogens (tertiary/aromatic N) is 3. The van der Waals surface area contributed by atoms with Crippen LogP contribution in [0.4, 0.5) is 15.3 Å². The van der Waals surface area contributed by atoms with Gasteiger partial charge in [-0.2, -0.15) is 0 Å². The molecular formula is C18H20N4O5. The summed E-state index contributed by atoms with van der Waals surface area (Å²) in [5, 5.41) is 12.9. The zero-order valence-corrected chi connectivity index (χ0v) is 14.8. The lowest BCUT2D eigenvalue weighted by atomic mass is 10.1. The molecule has 9 heteroatoms. The maximum Gasteiger partial charge on any atom is 0.414 e. The number of carbonyl (C=O) groups excluding carboxylic acids is 3. The van der Waals surface area contributed by atoms with Crippen LogP contribution in [0.15, 0.2) is 30.3 Å². The van der Waals surface area contributed by atoms with Crippen LogP contribution in [-0.4, -0.2) is 71.5 Å². The maximum atomic E-state index is 12.1. The van der Waals surface area contributed by atoms with Crippen molar-refractivity contribution in [3.63, 3.8) is 0 Å². The van der Waals surface area contributed by atoms with Crippen molar-refractivity contribution < 1.29 is 24.3 Å². The molecule has 9 nitrogen and oxygen atoms in total. The summed E-state index contributed by atoms with van der Waals surface area (Å²) in [6.07, 6.45) is 1.17. The summed E-state index contributed by atoms with van der Waals surface area (Å²) >= 11 is 0. The van der Waals surface area contributed by atoms with E-state index in [9.17, 15) is 19.6 Å². The lowest BCUT2D eigenvalue weighted by Crippen LogP contribution is -2.33. The third kappa shape index (κ3) is 3.21. The highest BCUT2D eigenvalue weighted by atomic mass is 16.6. The standard InChI is InChI=1S/C18H20N4O5/c1-11(23)19-7-16-10-21(18(25)27-16)14-4-2-12(3-5-14)13-6-15-9-22(26)17(24)20(15)8-13/h2-6,15-16,26H,7-10H2,1H3,(H,19,23)/t15?,16-/m0/s1. The molecule has 27 heavy (non-hydrogen) atoms. The van der Waals surface area contributed by atoms with Gasteiger partial charge in [0.25, 0.3) is 0 Å². The highest BCUT2D eigenvalue weighted by Gasteiger charge is 2.40. The van der Waals surface area contributed by atoms with Crippen LogP contribution in [0.25, 0.3) is 5.57 Å². The molecule has 142 valence electrons. The van der Waals surface area contributed by atoms with E-state index in [2.05, 4.69) is 5.32 Å². The van der Waals surface area contributed by atoms with Gasteiger partial charge in [-0.25, -0.2) is 14.7 Å². The third-order valence-corrected chi connectivity index (χ3v) is 4.96. The first-order valence-electron chi connectivity index (χ1n) is 8.73. The van der Waals surface area contributed by atoms with E-state index in [1.165, 1.54) is 11.8 Å². The number of anilines is 1. The fourth-order valence-electron chi connectivity index (χ4n) is 3.58. The van der Waals surface area contributed by atoms with Gasteiger partial charge in [0.1, 0.15) is 6.10 Å². The Labute approximate surface area is 155 Å². The van der Waals surface area contributed by atoms with Gasteiger partial charge in [-0.1, -0.05) is 18.2 Å². The lowest BCUT2D eigenvalue weighted by Gasteiger charge is -2.15. The van der Waals surface area contributed by atoms with Crippen molar-refractivity contribution >= 4 is 29.3 Å². The number of urea groups is 1. The first-order valence-corrected chi connectivity index (χ1v) is 8.73. The Morgan fingerprint density at radius 2 is 2.00 bits per heavy atom. The van der Waals surface area contributed by atoms with E-state index in [0.717, 1.165) is 16.2 Å². The molecule has 1 unspecified atom stereocenters. The number of hydroxylamine groups is 2. The monoisotopic (exact) mass is 372 g/mol. The van der Waals surface area contributed by atoms with Gasteiger partial charge in [-0.3, -0.25) is 14.9 Å². The van der Waals surface area contributed by atoms with Gasteiger partial charge < -0.3 is 15.0 Å². The Bertz CT molecular complexity index is 822. The van der Waals surface area contributed by atoms with Crippen LogP contribution in [0.2, 0.25) is 0 Å². The fraction of sp³-hybridized carbons (Fsp3) is 0.389. The van der Waals surface area contributed by atoms with E-state index in [0.29, 0.717) is 18.8 Å². The van der Waals surface area contributed by atoms with Crippen LogP contribution in [0.3, 0.4) is 0 Å². The highest BCUT2D eigenvalue weighted by Crippen LogP contribution is 2.31. The number of fused-ring (bicyclic) bond motifs is 1. The first kappa shape index (κ1) is 17.3. The minimum atomic E-state index is -0.438. The summed E-state index contributed by atoms with van der Waals surface area (Å²) in [4.78, 5) is 38.1. The van der Waals surface area contributed by atoms with Gasteiger partial charge >= 0.3 is 12.1 Å². The quantitative estimate of drug-likeness (QED) is 0.769. The van der Waals surface area contributed by atoms with E-state index in [4.69, 9.17) is 4.74 Å².